The molecule has 0 radical (unpaired) electrons. The number of hydrogen-bond donors (Lipinski definition) is 1. The van der Waals surface area contributed by atoms with Gasteiger partial charge in [-0.05, 0) is 28.7 Å². The molecule has 0 saturated heterocycles. The highest BCUT2D eigenvalue weighted by Crippen LogP contribution is 2.35. The van der Waals surface area contributed by atoms with Crippen molar-refractivity contribution in [1.29, 1.82) is 0 Å². The second kappa shape index (κ2) is 7.50. The van der Waals surface area contributed by atoms with Gasteiger partial charge in [-0.25, -0.2) is 4.98 Å². The summed E-state index contributed by atoms with van der Waals surface area (Å²) in [6.07, 6.45) is 6.15. The average molecular weight is 415 g/mol. The zero-order chi connectivity index (χ0) is 21.5. The molecule has 3 heterocycles. The summed E-state index contributed by atoms with van der Waals surface area (Å²) in [6.45, 7) is 1.16. The lowest BCUT2D eigenvalue weighted by Gasteiger charge is -2.16. The molecule has 3 aromatic carbocycles. The van der Waals surface area contributed by atoms with Crippen LogP contribution in [-0.2, 0) is 13.1 Å². The summed E-state index contributed by atoms with van der Waals surface area (Å²) in [4.78, 5) is 23.4. The second-order valence-corrected chi connectivity index (χ2v) is 8.18. The average Bonchev–Trinajstić information content (AvgIpc) is 3.35. The fourth-order valence-corrected chi connectivity index (χ4v) is 4.47. The number of rotatable bonds is 4. The monoisotopic (exact) mass is 415 g/mol. The lowest BCUT2D eigenvalue weighted by atomic mass is 10.1. The van der Waals surface area contributed by atoms with E-state index in [0.717, 1.165) is 49.8 Å². The van der Waals surface area contributed by atoms with Crippen LogP contribution in [0.4, 0.5) is 0 Å². The van der Waals surface area contributed by atoms with E-state index in [0.29, 0.717) is 13.1 Å². The van der Waals surface area contributed by atoms with Crippen LogP contribution >= 0.6 is 0 Å². The van der Waals surface area contributed by atoms with Crippen molar-refractivity contribution >= 4 is 39.7 Å². The number of nitrogens with zero attached hydrogens (tertiary/aromatic N) is 2. The van der Waals surface area contributed by atoms with Crippen LogP contribution in [0.2, 0.25) is 0 Å². The van der Waals surface area contributed by atoms with Crippen molar-refractivity contribution in [3.05, 3.63) is 113 Å². The number of fused-ring (bicyclic) bond motifs is 5. The van der Waals surface area contributed by atoms with Crippen molar-refractivity contribution in [2.45, 2.75) is 13.1 Å². The first-order chi connectivity index (χ1) is 15.8. The number of pyridine rings is 1. The van der Waals surface area contributed by atoms with E-state index in [4.69, 9.17) is 4.98 Å². The van der Waals surface area contributed by atoms with Crippen LogP contribution < -0.4 is 0 Å². The summed E-state index contributed by atoms with van der Waals surface area (Å²) in [5.41, 5.74) is 5.81. The normalized spacial score (nSPS) is 13.5. The first kappa shape index (κ1) is 18.6. The number of H-pyrrole nitrogens is 1. The summed E-state index contributed by atoms with van der Waals surface area (Å²) in [6, 6.07) is 26.5. The Bertz CT molecular complexity index is 1480. The zero-order valence-corrected chi connectivity index (χ0v) is 17.5. The number of aromatic amines is 1. The number of carbonyl (C=O) groups is 1. The molecule has 0 fully saturated rings. The molecule has 154 valence electrons. The third-order valence-corrected chi connectivity index (χ3v) is 6.06. The maximum atomic E-state index is 13.2. The fraction of sp³-hybridized carbons (Fsp3) is 0.0714. The van der Waals surface area contributed by atoms with E-state index in [1.54, 1.807) is 0 Å². The first-order valence-corrected chi connectivity index (χ1v) is 10.8. The van der Waals surface area contributed by atoms with Crippen molar-refractivity contribution in [2.24, 2.45) is 0 Å². The van der Waals surface area contributed by atoms with Crippen molar-refractivity contribution in [1.82, 2.24) is 14.9 Å². The Balaban J connectivity index is 1.37. The van der Waals surface area contributed by atoms with Crippen LogP contribution in [0.25, 0.3) is 33.8 Å². The number of benzene rings is 3. The molecule has 1 amide bonds. The molecule has 0 spiro atoms. The molecular formula is C28H21N3O. The Labute approximate surface area is 185 Å². The van der Waals surface area contributed by atoms with Crippen LogP contribution in [-0.4, -0.2) is 20.8 Å². The van der Waals surface area contributed by atoms with Gasteiger partial charge in [-0.3, -0.25) is 4.79 Å². The van der Waals surface area contributed by atoms with Crippen molar-refractivity contribution in [3.63, 3.8) is 0 Å². The van der Waals surface area contributed by atoms with Gasteiger partial charge in [0.1, 0.15) is 0 Å². The van der Waals surface area contributed by atoms with Crippen LogP contribution in [0.5, 0.6) is 0 Å². The standard InChI is InChI=1S/C28H21N3O/c32-28-26-23-14-12-21-16-29-22(13-11-19-7-3-1-4-8-19)15-24(21)27(23)30-25(26)18-31(28)17-20-9-5-2-6-10-20/h1-16,29H,17-18H2/b13-11+. The summed E-state index contributed by atoms with van der Waals surface area (Å²) in [5, 5.41) is 3.09. The molecule has 1 N–H and O–H groups in total. The highest BCUT2D eigenvalue weighted by molar-refractivity contribution is 6.16. The van der Waals surface area contributed by atoms with Gasteiger partial charge >= 0.3 is 0 Å². The van der Waals surface area contributed by atoms with Gasteiger partial charge in [0.15, 0.2) is 0 Å². The molecular weight excluding hydrogens is 394 g/mol. The Morgan fingerprint density at radius 1 is 0.906 bits per heavy atom. The molecule has 0 atom stereocenters. The van der Waals surface area contributed by atoms with E-state index < -0.39 is 0 Å². The number of nitrogens with one attached hydrogen (secondary N) is 1. The van der Waals surface area contributed by atoms with Gasteiger partial charge in [-0.2, -0.15) is 0 Å². The molecule has 4 heteroatoms. The van der Waals surface area contributed by atoms with Crippen LogP contribution in [0, 0.1) is 0 Å². The van der Waals surface area contributed by atoms with E-state index >= 15 is 0 Å². The van der Waals surface area contributed by atoms with Gasteiger partial charge in [0.2, 0.25) is 0 Å². The minimum atomic E-state index is 0.0670. The summed E-state index contributed by atoms with van der Waals surface area (Å²) in [7, 11) is 0. The predicted octanol–water partition coefficient (Wildman–Crippen LogP) is 6.04. The van der Waals surface area contributed by atoms with E-state index in [-0.39, 0.29) is 5.91 Å². The molecule has 1 aliphatic rings. The largest absolute Gasteiger partial charge is 0.361 e. The molecule has 1 aliphatic heterocycles. The molecule has 2 aromatic heterocycles. The molecule has 6 rings (SSSR count). The lowest BCUT2D eigenvalue weighted by Crippen LogP contribution is -2.23. The maximum Gasteiger partial charge on any atom is 0.257 e. The van der Waals surface area contributed by atoms with E-state index in [1.165, 1.54) is 0 Å². The molecule has 32 heavy (non-hydrogen) atoms. The van der Waals surface area contributed by atoms with E-state index in [9.17, 15) is 4.79 Å². The molecule has 0 saturated carbocycles. The number of hydrogen-bond acceptors (Lipinski definition) is 2. The SMILES string of the molecule is O=C1c2c(nc3c2ccc2c[nH]c(/C=C/c4ccccc4)cc23)CN1Cc1ccccc1. The quantitative estimate of drug-likeness (QED) is 0.389. The third kappa shape index (κ3) is 3.17. The summed E-state index contributed by atoms with van der Waals surface area (Å²) >= 11 is 0. The Hall–Kier alpha value is -4.18. The molecule has 0 aliphatic carbocycles. The molecule has 0 bridgehead atoms. The summed E-state index contributed by atoms with van der Waals surface area (Å²) in [5.74, 6) is 0.0670. The highest BCUT2D eigenvalue weighted by atomic mass is 16.2. The van der Waals surface area contributed by atoms with Crippen LogP contribution in [0.3, 0.4) is 0 Å². The maximum absolute atomic E-state index is 13.2. The van der Waals surface area contributed by atoms with Crippen molar-refractivity contribution in [3.8, 4) is 0 Å². The van der Waals surface area contributed by atoms with Gasteiger partial charge in [-0.1, -0.05) is 78.9 Å². The van der Waals surface area contributed by atoms with Crippen molar-refractivity contribution < 1.29 is 4.79 Å². The number of amides is 1. The predicted molar refractivity (Wildman–Crippen MR) is 129 cm³/mol. The molecule has 4 nitrogen and oxygen atoms in total. The molecule has 0 unspecified atom stereocenters. The minimum Gasteiger partial charge on any atom is -0.361 e. The van der Waals surface area contributed by atoms with Gasteiger partial charge in [0.25, 0.3) is 5.91 Å². The number of aromatic nitrogens is 2. The van der Waals surface area contributed by atoms with Gasteiger partial charge < -0.3 is 9.88 Å². The number of carbonyl (C=O) groups excluding carboxylic acids is 1. The smallest absolute Gasteiger partial charge is 0.257 e. The lowest BCUT2D eigenvalue weighted by molar-refractivity contribution is 0.0767. The minimum absolute atomic E-state index is 0.0670. The van der Waals surface area contributed by atoms with E-state index in [1.807, 2.05) is 53.6 Å². The van der Waals surface area contributed by atoms with E-state index in [2.05, 4.69) is 53.5 Å². The Kier molecular flexibility index (Phi) is 4.36. The second-order valence-electron chi connectivity index (χ2n) is 8.18. The van der Waals surface area contributed by atoms with Crippen LogP contribution in [0.1, 0.15) is 32.9 Å². The highest BCUT2D eigenvalue weighted by Gasteiger charge is 2.32. The van der Waals surface area contributed by atoms with Gasteiger partial charge in [-0.15, -0.1) is 0 Å². The first-order valence-electron chi connectivity index (χ1n) is 10.8. The van der Waals surface area contributed by atoms with Gasteiger partial charge in [0, 0.05) is 29.2 Å². The van der Waals surface area contributed by atoms with Gasteiger partial charge in [0.05, 0.1) is 23.3 Å². The zero-order valence-electron chi connectivity index (χ0n) is 17.5. The topological polar surface area (TPSA) is 49.0 Å². The Morgan fingerprint density at radius 3 is 2.50 bits per heavy atom. The fourth-order valence-electron chi connectivity index (χ4n) is 4.47. The Morgan fingerprint density at radius 2 is 1.69 bits per heavy atom. The van der Waals surface area contributed by atoms with Crippen molar-refractivity contribution in [2.75, 3.05) is 0 Å². The summed E-state index contributed by atoms with van der Waals surface area (Å²) < 4.78 is 0. The third-order valence-electron chi connectivity index (χ3n) is 6.06. The van der Waals surface area contributed by atoms with Crippen LogP contribution in [0.15, 0.2) is 85.1 Å². The molecule has 5 aromatic rings.